The highest BCUT2D eigenvalue weighted by atomic mass is 16.1. The maximum absolute atomic E-state index is 11.4. The molecule has 2 aliphatic heterocycles. The first-order chi connectivity index (χ1) is 10.7. The lowest BCUT2D eigenvalue weighted by Crippen LogP contribution is -2.46. The van der Waals surface area contributed by atoms with E-state index in [1.165, 1.54) is 38.8 Å². The van der Waals surface area contributed by atoms with Gasteiger partial charge in [0.2, 0.25) is 0 Å². The average Bonchev–Trinajstić information content (AvgIpc) is 2.57. The standard InChI is InChI=1S/C18H24N2O2/c1-19-9-5-18(6-10-19)7-11-20(12-8-18)17-4-2-3-15(13-21)16(17)14-22/h2-4,13-14H,5-12H2,1H3. The molecule has 4 heteroatoms. The van der Waals surface area contributed by atoms with Crippen LogP contribution in [0.4, 0.5) is 5.69 Å². The molecule has 0 aliphatic carbocycles. The minimum Gasteiger partial charge on any atom is -0.371 e. The number of carbonyl (C=O) groups is 2. The van der Waals surface area contributed by atoms with Crippen LogP contribution in [-0.2, 0) is 0 Å². The van der Waals surface area contributed by atoms with E-state index in [0.717, 1.165) is 31.3 Å². The van der Waals surface area contributed by atoms with Gasteiger partial charge in [-0.3, -0.25) is 9.59 Å². The summed E-state index contributed by atoms with van der Waals surface area (Å²) in [5.41, 5.74) is 2.44. The summed E-state index contributed by atoms with van der Waals surface area (Å²) >= 11 is 0. The molecule has 1 aromatic carbocycles. The van der Waals surface area contributed by atoms with Crippen LogP contribution < -0.4 is 4.90 Å². The minimum absolute atomic E-state index is 0.493. The summed E-state index contributed by atoms with van der Waals surface area (Å²) in [4.78, 5) is 27.2. The van der Waals surface area contributed by atoms with Crippen LogP contribution in [0.2, 0.25) is 0 Å². The number of nitrogens with zero attached hydrogens (tertiary/aromatic N) is 2. The predicted octanol–water partition coefficient (Wildman–Crippen LogP) is 2.62. The van der Waals surface area contributed by atoms with Crippen molar-refractivity contribution in [1.82, 2.24) is 4.90 Å². The smallest absolute Gasteiger partial charge is 0.152 e. The Kier molecular flexibility index (Phi) is 4.30. The Morgan fingerprint density at radius 2 is 1.59 bits per heavy atom. The fourth-order valence-electron chi connectivity index (χ4n) is 3.89. The molecular weight excluding hydrogens is 276 g/mol. The molecule has 118 valence electrons. The maximum Gasteiger partial charge on any atom is 0.152 e. The van der Waals surface area contributed by atoms with Gasteiger partial charge >= 0.3 is 0 Å². The summed E-state index contributed by atoms with van der Waals surface area (Å²) in [6, 6.07) is 5.54. The molecule has 1 aromatic rings. The van der Waals surface area contributed by atoms with Gasteiger partial charge in [0.05, 0.1) is 0 Å². The van der Waals surface area contributed by atoms with Crippen LogP contribution in [0.1, 0.15) is 46.4 Å². The molecule has 3 rings (SSSR count). The molecule has 0 unspecified atom stereocenters. The molecule has 2 aliphatic rings. The summed E-state index contributed by atoms with van der Waals surface area (Å²) in [6.07, 6.45) is 6.53. The van der Waals surface area contributed by atoms with E-state index < -0.39 is 0 Å². The third kappa shape index (κ3) is 2.80. The molecule has 2 fully saturated rings. The number of likely N-dealkylation sites (tertiary alicyclic amines) is 1. The molecule has 22 heavy (non-hydrogen) atoms. The molecule has 0 bridgehead atoms. The van der Waals surface area contributed by atoms with Crippen molar-refractivity contribution >= 4 is 18.3 Å². The number of piperidine rings is 2. The highest BCUT2D eigenvalue weighted by Gasteiger charge is 2.37. The largest absolute Gasteiger partial charge is 0.371 e. The van der Waals surface area contributed by atoms with E-state index in [0.29, 0.717) is 16.5 Å². The van der Waals surface area contributed by atoms with Gasteiger partial charge in [-0.15, -0.1) is 0 Å². The molecule has 4 nitrogen and oxygen atoms in total. The third-order valence-corrected chi connectivity index (χ3v) is 5.57. The Labute approximate surface area is 132 Å². The van der Waals surface area contributed by atoms with Gasteiger partial charge in [0.25, 0.3) is 0 Å². The van der Waals surface area contributed by atoms with Crippen LogP contribution in [-0.4, -0.2) is 50.7 Å². The van der Waals surface area contributed by atoms with Gasteiger partial charge in [-0.2, -0.15) is 0 Å². The van der Waals surface area contributed by atoms with Gasteiger partial charge in [-0.1, -0.05) is 12.1 Å². The third-order valence-electron chi connectivity index (χ3n) is 5.57. The summed E-state index contributed by atoms with van der Waals surface area (Å²) in [5, 5.41) is 0. The van der Waals surface area contributed by atoms with E-state index in [2.05, 4.69) is 16.8 Å². The summed E-state index contributed by atoms with van der Waals surface area (Å²) < 4.78 is 0. The van der Waals surface area contributed by atoms with E-state index in [4.69, 9.17) is 0 Å². The Bertz CT molecular complexity index is 552. The monoisotopic (exact) mass is 300 g/mol. The summed E-state index contributed by atoms with van der Waals surface area (Å²) in [5.74, 6) is 0. The first-order valence-electron chi connectivity index (χ1n) is 8.14. The first-order valence-corrected chi connectivity index (χ1v) is 8.14. The molecule has 0 amide bonds. The van der Waals surface area contributed by atoms with Crippen molar-refractivity contribution in [2.45, 2.75) is 25.7 Å². The van der Waals surface area contributed by atoms with Crippen molar-refractivity contribution in [3.05, 3.63) is 29.3 Å². The van der Waals surface area contributed by atoms with Gasteiger partial charge in [0.1, 0.15) is 0 Å². The van der Waals surface area contributed by atoms with Crippen molar-refractivity contribution in [2.75, 3.05) is 38.1 Å². The summed E-state index contributed by atoms with van der Waals surface area (Å²) in [7, 11) is 2.20. The minimum atomic E-state index is 0.493. The Morgan fingerprint density at radius 3 is 2.18 bits per heavy atom. The Hall–Kier alpha value is -1.68. The number of carbonyl (C=O) groups excluding carboxylic acids is 2. The van der Waals surface area contributed by atoms with Crippen LogP contribution in [0.25, 0.3) is 0 Å². The number of benzene rings is 1. The molecule has 0 aromatic heterocycles. The Morgan fingerprint density at radius 1 is 0.955 bits per heavy atom. The van der Waals surface area contributed by atoms with Crippen LogP contribution in [0.3, 0.4) is 0 Å². The first kappa shape index (κ1) is 15.2. The van der Waals surface area contributed by atoms with E-state index in [1.807, 2.05) is 12.1 Å². The van der Waals surface area contributed by atoms with E-state index >= 15 is 0 Å². The van der Waals surface area contributed by atoms with Crippen LogP contribution in [0.15, 0.2) is 18.2 Å². The molecule has 0 radical (unpaired) electrons. The number of rotatable bonds is 3. The SMILES string of the molecule is CN1CCC2(CC1)CCN(c1cccc(C=O)c1C=O)CC2. The quantitative estimate of drug-likeness (QED) is 0.805. The Balaban J connectivity index is 1.74. The zero-order chi connectivity index (χ0) is 15.6. The molecule has 2 saturated heterocycles. The average molecular weight is 300 g/mol. The molecule has 1 spiro atoms. The molecular formula is C18H24N2O2. The van der Waals surface area contributed by atoms with Gasteiger partial charge in [0.15, 0.2) is 12.6 Å². The van der Waals surface area contributed by atoms with Crippen LogP contribution in [0, 0.1) is 5.41 Å². The molecule has 0 saturated carbocycles. The lowest BCUT2D eigenvalue weighted by Gasteiger charge is -2.47. The normalized spacial score (nSPS) is 21.8. The molecule has 0 N–H and O–H groups in total. The van der Waals surface area contributed by atoms with Crippen LogP contribution >= 0.6 is 0 Å². The maximum atomic E-state index is 11.4. The van der Waals surface area contributed by atoms with Gasteiger partial charge in [-0.25, -0.2) is 0 Å². The molecule has 2 heterocycles. The highest BCUT2D eigenvalue weighted by Crippen LogP contribution is 2.42. The number of aldehydes is 2. The topological polar surface area (TPSA) is 40.6 Å². The zero-order valence-electron chi connectivity index (χ0n) is 13.3. The molecule has 0 atom stereocenters. The zero-order valence-corrected chi connectivity index (χ0v) is 13.3. The van der Waals surface area contributed by atoms with Gasteiger partial charge < -0.3 is 9.80 Å². The second kappa shape index (κ2) is 6.21. The van der Waals surface area contributed by atoms with Crippen molar-refractivity contribution in [3.63, 3.8) is 0 Å². The second-order valence-corrected chi connectivity index (χ2v) is 6.81. The van der Waals surface area contributed by atoms with Crippen molar-refractivity contribution < 1.29 is 9.59 Å². The van der Waals surface area contributed by atoms with Crippen molar-refractivity contribution in [3.8, 4) is 0 Å². The second-order valence-electron chi connectivity index (χ2n) is 6.81. The van der Waals surface area contributed by atoms with E-state index in [-0.39, 0.29) is 0 Å². The fourth-order valence-corrected chi connectivity index (χ4v) is 3.89. The van der Waals surface area contributed by atoms with Crippen molar-refractivity contribution in [1.29, 1.82) is 0 Å². The van der Waals surface area contributed by atoms with E-state index in [1.54, 1.807) is 6.07 Å². The van der Waals surface area contributed by atoms with Crippen molar-refractivity contribution in [2.24, 2.45) is 5.41 Å². The lowest BCUT2D eigenvalue weighted by atomic mass is 9.71. The van der Waals surface area contributed by atoms with Crippen LogP contribution in [0.5, 0.6) is 0 Å². The van der Waals surface area contributed by atoms with Gasteiger partial charge in [0, 0.05) is 29.9 Å². The highest BCUT2D eigenvalue weighted by molar-refractivity contribution is 5.96. The lowest BCUT2D eigenvalue weighted by molar-refractivity contribution is 0.0944. The van der Waals surface area contributed by atoms with E-state index in [9.17, 15) is 9.59 Å². The van der Waals surface area contributed by atoms with Gasteiger partial charge in [-0.05, 0) is 57.3 Å². The summed E-state index contributed by atoms with van der Waals surface area (Å²) in [6.45, 7) is 4.35. The number of hydrogen-bond donors (Lipinski definition) is 0. The fraction of sp³-hybridized carbons (Fsp3) is 0.556. The number of hydrogen-bond acceptors (Lipinski definition) is 4. The number of anilines is 1. The predicted molar refractivity (Wildman–Crippen MR) is 87.8 cm³/mol.